The van der Waals surface area contributed by atoms with Crippen molar-refractivity contribution in [2.75, 3.05) is 46.1 Å². The molecule has 2 aromatic carbocycles. The van der Waals surface area contributed by atoms with E-state index in [1.54, 1.807) is 61.6 Å². The highest BCUT2D eigenvalue weighted by Crippen LogP contribution is 2.29. The van der Waals surface area contributed by atoms with Crippen LogP contribution in [0, 0.1) is 0 Å². The zero-order valence-corrected chi connectivity index (χ0v) is 18.9. The Labute approximate surface area is 183 Å². The van der Waals surface area contributed by atoms with Crippen LogP contribution in [0.1, 0.15) is 12.0 Å². The van der Waals surface area contributed by atoms with Crippen LogP contribution in [-0.4, -0.2) is 60.1 Å². The number of hydrogen-bond donors (Lipinski definition) is 1. The van der Waals surface area contributed by atoms with Gasteiger partial charge in [0.15, 0.2) is 0 Å². The van der Waals surface area contributed by atoms with Crippen LogP contribution in [0.3, 0.4) is 0 Å². The minimum absolute atomic E-state index is 0.213. The Balaban J connectivity index is 2.14. The molecule has 2 aromatic rings. The molecular weight excluding hydrogens is 424 g/mol. The van der Waals surface area contributed by atoms with E-state index in [-0.39, 0.29) is 11.8 Å². The highest BCUT2D eigenvalue weighted by molar-refractivity contribution is 7.86. The monoisotopic (exact) mass is 452 g/mol. The van der Waals surface area contributed by atoms with E-state index in [1.807, 2.05) is 0 Å². The number of ether oxygens (including phenoxy) is 3. The lowest BCUT2D eigenvalue weighted by atomic mass is 10.2. The van der Waals surface area contributed by atoms with Gasteiger partial charge in [-0.05, 0) is 36.2 Å². The van der Waals surface area contributed by atoms with E-state index in [1.165, 1.54) is 7.11 Å². The Morgan fingerprint density at radius 1 is 1.00 bits per heavy atom. The van der Waals surface area contributed by atoms with Gasteiger partial charge in [0.05, 0.1) is 26.2 Å². The van der Waals surface area contributed by atoms with Gasteiger partial charge in [-0.2, -0.15) is 8.42 Å². The molecule has 31 heavy (non-hydrogen) atoms. The summed E-state index contributed by atoms with van der Waals surface area (Å²) in [7, 11) is 1.07. The minimum Gasteiger partial charge on any atom is -0.497 e. The first-order valence-electron chi connectivity index (χ1n) is 9.51. The summed E-state index contributed by atoms with van der Waals surface area (Å²) in [6.45, 7) is 1.28. The number of carbonyl (C=O) groups excluding carboxylic acids is 1. The molecule has 0 aromatic heterocycles. The highest BCUT2D eigenvalue weighted by atomic mass is 32.2. The van der Waals surface area contributed by atoms with E-state index in [9.17, 15) is 13.2 Å². The smallest absolute Gasteiger partial charge is 0.322 e. The number of amides is 2. The van der Waals surface area contributed by atoms with Crippen molar-refractivity contribution in [2.24, 2.45) is 0 Å². The van der Waals surface area contributed by atoms with Crippen molar-refractivity contribution in [1.29, 1.82) is 0 Å². The first kappa shape index (κ1) is 24.3. The molecule has 0 unspecified atom stereocenters. The van der Waals surface area contributed by atoms with Crippen LogP contribution in [0.5, 0.6) is 17.2 Å². The number of benzene rings is 2. The minimum atomic E-state index is -3.60. The maximum Gasteiger partial charge on any atom is 0.322 e. The molecule has 0 fully saturated rings. The second kappa shape index (κ2) is 11.4. The van der Waals surface area contributed by atoms with Gasteiger partial charge in [0.1, 0.15) is 17.2 Å². The number of nitrogens with one attached hydrogen (secondary N) is 1. The van der Waals surface area contributed by atoms with Gasteiger partial charge < -0.3 is 28.6 Å². The fourth-order valence-electron chi connectivity index (χ4n) is 2.79. The summed E-state index contributed by atoms with van der Waals surface area (Å²) < 4.78 is 43.0. The fourth-order valence-corrected chi connectivity index (χ4v) is 3.25. The third-order valence-corrected chi connectivity index (χ3v) is 4.75. The topological polar surface area (TPSA) is 103 Å². The molecule has 9 nitrogen and oxygen atoms in total. The molecule has 0 atom stereocenters. The summed E-state index contributed by atoms with van der Waals surface area (Å²) in [5, 5.41) is 2.86. The second-order valence-electron chi connectivity index (χ2n) is 6.70. The summed E-state index contributed by atoms with van der Waals surface area (Å²) >= 11 is 0. The van der Waals surface area contributed by atoms with E-state index >= 15 is 0 Å². The van der Waals surface area contributed by atoms with Gasteiger partial charge >= 0.3 is 16.1 Å². The normalized spacial score (nSPS) is 11.0. The largest absolute Gasteiger partial charge is 0.497 e. The molecule has 10 heteroatoms. The molecule has 0 bridgehead atoms. The molecule has 170 valence electrons. The average molecular weight is 453 g/mol. The van der Waals surface area contributed by atoms with E-state index < -0.39 is 10.1 Å². The van der Waals surface area contributed by atoms with Crippen molar-refractivity contribution < 1.29 is 31.6 Å². The average Bonchev–Trinajstić information content (AvgIpc) is 2.73. The number of methoxy groups -OCH3 is 3. The van der Waals surface area contributed by atoms with Crippen LogP contribution in [0.4, 0.5) is 10.5 Å². The van der Waals surface area contributed by atoms with Crippen LogP contribution in [0.25, 0.3) is 0 Å². The lowest BCUT2D eigenvalue weighted by molar-refractivity contribution is 0.171. The van der Waals surface area contributed by atoms with E-state index in [4.69, 9.17) is 18.4 Å². The van der Waals surface area contributed by atoms with Crippen LogP contribution in [0.15, 0.2) is 42.5 Å². The molecule has 1 N–H and O–H groups in total. The number of hydrogen-bond acceptors (Lipinski definition) is 7. The van der Waals surface area contributed by atoms with Gasteiger partial charge in [0, 0.05) is 32.9 Å². The quantitative estimate of drug-likeness (QED) is 0.413. The number of urea groups is 1. The van der Waals surface area contributed by atoms with Crippen molar-refractivity contribution >= 4 is 21.8 Å². The maximum absolute atomic E-state index is 13.0. The van der Waals surface area contributed by atoms with Crippen molar-refractivity contribution in [1.82, 2.24) is 4.90 Å². The third kappa shape index (κ3) is 7.99. The van der Waals surface area contributed by atoms with E-state index in [0.717, 1.165) is 11.8 Å². The summed E-state index contributed by atoms with van der Waals surface area (Å²) in [4.78, 5) is 14.6. The van der Waals surface area contributed by atoms with Gasteiger partial charge in [-0.3, -0.25) is 0 Å². The first-order chi connectivity index (χ1) is 14.8. The van der Waals surface area contributed by atoms with Crippen LogP contribution in [-0.2, 0) is 21.4 Å². The SMILES string of the molecule is COCCCN(Cc1ccc(OS(C)(=O)=O)cc1)C(=O)Nc1ccc(OC)cc1OC. The maximum atomic E-state index is 13.0. The van der Waals surface area contributed by atoms with Gasteiger partial charge in [0.2, 0.25) is 0 Å². The van der Waals surface area contributed by atoms with Gasteiger partial charge in [0.25, 0.3) is 0 Å². The Morgan fingerprint density at radius 3 is 2.26 bits per heavy atom. The summed E-state index contributed by atoms with van der Waals surface area (Å²) in [5.41, 5.74) is 1.33. The number of carbonyl (C=O) groups is 1. The summed E-state index contributed by atoms with van der Waals surface area (Å²) in [6.07, 6.45) is 1.63. The zero-order chi connectivity index (χ0) is 22.9. The number of nitrogens with zero attached hydrogens (tertiary/aromatic N) is 1. The van der Waals surface area contributed by atoms with Crippen molar-refractivity contribution in [3.8, 4) is 17.2 Å². The van der Waals surface area contributed by atoms with E-state index in [2.05, 4.69) is 5.32 Å². The molecule has 2 amide bonds. The van der Waals surface area contributed by atoms with Crippen LogP contribution in [0.2, 0.25) is 0 Å². The summed E-state index contributed by atoms with van der Waals surface area (Å²) in [6, 6.07) is 11.3. The van der Waals surface area contributed by atoms with Gasteiger partial charge in [-0.15, -0.1) is 0 Å². The van der Waals surface area contributed by atoms with E-state index in [0.29, 0.717) is 43.3 Å². The third-order valence-electron chi connectivity index (χ3n) is 4.26. The van der Waals surface area contributed by atoms with Crippen molar-refractivity contribution in [3.05, 3.63) is 48.0 Å². The molecule has 0 saturated carbocycles. The predicted octanol–water partition coefficient (Wildman–Crippen LogP) is 3.11. The molecule has 0 heterocycles. The molecule has 0 saturated heterocycles. The van der Waals surface area contributed by atoms with Gasteiger partial charge in [-0.25, -0.2) is 4.79 Å². The number of rotatable bonds is 11. The van der Waals surface area contributed by atoms with Gasteiger partial charge in [-0.1, -0.05) is 12.1 Å². The van der Waals surface area contributed by atoms with Crippen molar-refractivity contribution in [3.63, 3.8) is 0 Å². The Kier molecular flexibility index (Phi) is 8.95. The second-order valence-corrected chi connectivity index (χ2v) is 8.27. The molecule has 0 aliphatic heterocycles. The lowest BCUT2D eigenvalue weighted by Crippen LogP contribution is -2.35. The molecular formula is C21H28N2O7S. The molecule has 0 aliphatic rings. The van der Waals surface area contributed by atoms with Crippen molar-refractivity contribution in [2.45, 2.75) is 13.0 Å². The molecule has 0 spiro atoms. The zero-order valence-electron chi connectivity index (χ0n) is 18.1. The highest BCUT2D eigenvalue weighted by Gasteiger charge is 2.17. The standard InChI is InChI=1S/C21H28N2O7S/c1-27-13-5-12-23(15-16-6-8-17(9-7-16)30-31(4,25)26)21(24)22-19-11-10-18(28-2)14-20(19)29-3/h6-11,14H,5,12-13,15H2,1-4H3,(H,22,24). The summed E-state index contributed by atoms with van der Waals surface area (Å²) in [5.74, 6) is 1.31. The fraction of sp³-hybridized carbons (Fsp3) is 0.381. The molecule has 2 rings (SSSR count). The lowest BCUT2D eigenvalue weighted by Gasteiger charge is -2.24. The Bertz CT molecular complexity index is 962. The van der Waals surface area contributed by atoms with Crippen LogP contribution < -0.4 is 19.0 Å². The Hall–Kier alpha value is -2.98. The predicted molar refractivity (Wildman–Crippen MR) is 117 cm³/mol. The van der Waals surface area contributed by atoms with Crippen LogP contribution >= 0.6 is 0 Å². The first-order valence-corrected chi connectivity index (χ1v) is 11.3. The number of anilines is 1. The molecule has 0 radical (unpaired) electrons. The Morgan fingerprint density at radius 2 is 1.68 bits per heavy atom. The molecule has 0 aliphatic carbocycles.